The standard InChI is InChI=1S/C11H14BrN3O3/c12-7-1-2-10(11(3-7)15(17)18)14-8-4-9(6-16)13-5-8/h1-3,8-9,13-14,16H,4-6H2/t8-,9-/m0/s1. The lowest BCUT2D eigenvalue weighted by Gasteiger charge is -2.13. The Morgan fingerprint density at radius 1 is 1.61 bits per heavy atom. The van der Waals surface area contributed by atoms with E-state index in [1.165, 1.54) is 6.07 Å². The number of halogens is 1. The molecule has 0 aliphatic carbocycles. The van der Waals surface area contributed by atoms with Crippen LogP contribution in [0.15, 0.2) is 22.7 Å². The van der Waals surface area contributed by atoms with Crippen molar-refractivity contribution in [3.8, 4) is 0 Å². The third kappa shape index (κ3) is 2.98. The zero-order valence-corrected chi connectivity index (χ0v) is 11.2. The highest BCUT2D eigenvalue weighted by Crippen LogP contribution is 2.29. The fourth-order valence-electron chi connectivity index (χ4n) is 2.07. The molecule has 1 heterocycles. The van der Waals surface area contributed by atoms with Gasteiger partial charge in [0.25, 0.3) is 5.69 Å². The van der Waals surface area contributed by atoms with E-state index in [2.05, 4.69) is 26.6 Å². The van der Waals surface area contributed by atoms with Crippen molar-refractivity contribution >= 4 is 27.3 Å². The summed E-state index contributed by atoms with van der Waals surface area (Å²) in [5, 5.41) is 26.3. The topological polar surface area (TPSA) is 87.4 Å². The maximum Gasteiger partial charge on any atom is 0.293 e. The molecule has 1 aromatic carbocycles. The molecule has 0 aromatic heterocycles. The van der Waals surface area contributed by atoms with Crippen LogP contribution in [0.3, 0.4) is 0 Å². The molecule has 1 aromatic rings. The second kappa shape index (κ2) is 5.64. The Kier molecular flexibility index (Phi) is 4.15. The Balaban J connectivity index is 2.12. The third-order valence-electron chi connectivity index (χ3n) is 2.96. The molecule has 2 atom stereocenters. The smallest absolute Gasteiger partial charge is 0.293 e. The Morgan fingerprint density at radius 2 is 2.39 bits per heavy atom. The van der Waals surface area contributed by atoms with Gasteiger partial charge < -0.3 is 15.7 Å². The van der Waals surface area contributed by atoms with E-state index in [1.54, 1.807) is 12.1 Å². The second-order valence-corrected chi connectivity index (χ2v) is 5.20. The summed E-state index contributed by atoms with van der Waals surface area (Å²) in [4.78, 5) is 10.6. The SMILES string of the molecule is O=[N+]([O-])c1cc(Br)ccc1N[C@@H]1CN[C@H](CO)C1. The molecule has 0 amide bonds. The molecule has 0 spiro atoms. The van der Waals surface area contributed by atoms with Crippen LogP contribution in [0.5, 0.6) is 0 Å². The minimum Gasteiger partial charge on any atom is -0.395 e. The van der Waals surface area contributed by atoms with E-state index in [0.717, 1.165) is 6.42 Å². The van der Waals surface area contributed by atoms with Crippen molar-refractivity contribution in [2.75, 3.05) is 18.5 Å². The predicted octanol–water partition coefficient (Wildman–Crippen LogP) is 1.49. The Morgan fingerprint density at radius 3 is 3.00 bits per heavy atom. The minimum absolute atomic E-state index is 0.0526. The van der Waals surface area contributed by atoms with Crippen LogP contribution in [0.2, 0.25) is 0 Å². The fourth-order valence-corrected chi connectivity index (χ4v) is 2.41. The second-order valence-electron chi connectivity index (χ2n) is 4.28. The summed E-state index contributed by atoms with van der Waals surface area (Å²) in [5.74, 6) is 0. The van der Waals surface area contributed by atoms with Gasteiger partial charge in [0.15, 0.2) is 0 Å². The molecular formula is C11H14BrN3O3. The number of anilines is 1. The number of aliphatic hydroxyl groups is 1. The van der Waals surface area contributed by atoms with E-state index in [1.807, 2.05) is 0 Å². The van der Waals surface area contributed by atoms with Crippen LogP contribution in [0, 0.1) is 10.1 Å². The van der Waals surface area contributed by atoms with Gasteiger partial charge in [0.2, 0.25) is 0 Å². The van der Waals surface area contributed by atoms with E-state index in [-0.39, 0.29) is 24.4 Å². The van der Waals surface area contributed by atoms with Gasteiger partial charge in [-0.3, -0.25) is 10.1 Å². The lowest BCUT2D eigenvalue weighted by atomic mass is 10.1. The van der Waals surface area contributed by atoms with Gasteiger partial charge in [-0.05, 0) is 18.6 Å². The van der Waals surface area contributed by atoms with Crippen molar-refractivity contribution in [2.45, 2.75) is 18.5 Å². The van der Waals surface area contributed by atoms with Crippen LogP contribution in [0.4, 0.5) is 11.4 Å². The number of aliphatic hydroxyl groups excluding tert-OH is 1. The summed E-state index contributed by atoms with van der Waals surface area (Å²) in [6.07, 6.45) is 0.754. The number of hydrogen-bond acceptors (Lipinski definition) is 5. The Bertz CT molecular complexity index is 455. The largest absolute Gasteiger partial charge is 0.395 e. The van der Waals surface area contributed by atoms with Crippen molar-refractivity contribution in [3.63, 3.8) is 0 Å². The van der Waals surface area contributed by atoms with Gasteiger partial charge in [0.1, 0.15) is 5.69 Å². The normalized spacial score (nSPS) is 23.0. The summed E-state index contributed by atoms with van der Waals surface area (Å²) < 4.78 is 0.678. The molecule has 1 aliphatic heterocycles. The summed E-state index contributed by atoms with van der Waals surface area (Å²) in [6.45, 7) is 0.777. The number of nitrogens with zero attached hydrogens (tertiary/aromatic N) is 1. The number of hydrogen-bond donors (Lipinski definition) is 3. The third-order valence-corrected chi connectivity index (χ3v) is 3.45. The molecular weight excluding hydrogens is 302 g/mol. The van der Waals surface area contributed by atoms with Gasteiger partial charge in [-0.1, -0.05) is 15.9 Å². The molecule has 1 saturated heterocycles. The molecule has 6 nitrogen and oxygen atoms in total. The van der Waals surface area contributed by atoms with Crippen molar-refractivity contribution in [2.24, 2.45) is 0 Å². The molecule has 7 heteroatoms. The highest BCUT2D eigenvalue weighted by molar-refractivity contribution is 9.10. The molecule has 0 saturated carbocycles. The summed E-state index contributed by atoms with van der Waals surface area (Å²) in [5.41, 5.74) is 0.561. The van der Waals surface area contributed by atoms with Crippen molar-refractivity contribution in [3.05, 3.63) is 32.8 Å². The summed E-state index contributed by atoms with van der Waals surface area (Å²) in [7, 11) is 0. The lowest BCUT2D eigenvalue weighted by molar-refractivity contribution is -0.384. The Labute approximate surface area is 113 Å². The highest BCUT2D eigenvalue weighted by atomic mass is 79.9. The van der Waals surface area contributed by atoms with Crippen molar-refractivity contribution < 1.29 is 10.0 Å². The molecule has 1 aliphatic rings. The van der Waals surface area contributed by atoms with Crippen LogP contribution in [-0.4, -0.2) is 35.3 Å². The minimum atomic E-state index is -0.404. The average molecular weight is 316 g/mol. The zero-order chi connectivity index (χ0) is 13.1. The summed E-state index contributed by atoms with van der Waals surface area (Å²) in [6, 6.07) is 5.10. The van der Waals surface area contributed by atoms with Crippen LogP contribution in [-0.2, 0) is 0 Å². The van der Waals surface area contributed by atoms with Crippen LogP contribution < -0.4 is 10.6 Å². The average Bonchev–Trinajstić information content (AvgIpc) is 2.79. The molecule has 0 radical (unpaired) electrons. The van der Waals surface area contributed by atoms with Gasteiger partial charge in [0.05, 0.1) is 11.5 Å². The van der Waals surface area contributed by atoms with Gasteiger partial charge in [-0.25, -0.2) is 0 Å². The fraction of sp³-hybridized carbons (Fsp3) is 0.455. The first-order valence-electron chi connectivity index (χ1n) is 5.65. The molecule has 2 rings (SSSR count). The maximum absolute atomic E-state index is 11.0. The van der Waals surface area contributed by atoms with Gasteiger partial charge in [-0.15, -0.1) is 0 Å². The van der Waals surface area contributed by atoms with E-state index in [9.17, 15) is 10.1 Å². The van der Waals surface area contributed by atoms with Gasteiger partial charge in [0, 0.05) is 29.2 Å². The highest BCUT2D eigenvalue weighted by Gasteiger charge is 2.25. The molecule has 18 heavy (non-hydrogen) atoms. The lowest BCUT2D eigenvalue weighted by Crippen LogP contribution is -2.25. The van der Waals surface area contributed by atoms with Crippen LogP contribution >= 0.6 is 15.9 Å². The van der Waals surface area contributed by atoms with E-state index >= 15 is 0 Å². The van der Waals surface area contributed by atoms with Gasteiger partial charge in [-0.2, -0.15) is 0 Å². The first-order chi connectivity index (χ1) is 8.60. The molecule has 98 valence electrons. The van der Waals surface area contributed by atoms with E-state index in [4.69, 9.17) is 5.11 Å². The first-order valence-corrected chi connectivity index (χ1v) is 6.44. The zero-order valence-electron chi connectivity index (χ0n) is 9.60. The van der Waals surface area contributed by atoms with Crippen molar-refractivity contribution in [1.29, 1.82) is 0 Å². The first kappa shape index (κ1) is 13.3. The number of benzene rings is 1. The van der Waals surface area contributed by atoms with Crippen molar-refractivity contribution in [1.82, 2.24) is 5.32 Å². The number of nitro benzene ring substituents is 1. The quantitative estimate of drug-likeness (QED) is 0.579. The number of nitrogens with one attached hydrogen (secondary N) is 2. The molecule has 0 unspecified atom stereocenters. The molecule has 0 bridgehead atoms. The molecule has 1 fully saturated rings. The maximum atomic E-state index is 11.0. The number of rotatable bonds is 4. The van der Waals surface area contributed by atoms with Gasteiger partial charge >= 0.3 is 0 Å². The monoisotopic (exact) mass is 315 g/mol. The summed E-state index contributed by atoms with van der Waals surface area (Å²) >= 11 is 3.22. The van der Waals surface area contributed by atoms with Crippen LogP contribution in [0.1, 0.15) is 6.42 Å². The molecule has 3 N–H and O–H groups in total. The van der Waals surface area contributed by atoms with E-state index < -0.39 is 4.92 Å². The predicted molar refractivity (Wildman–Crippen MR) is 71.7 cm³/mol. The Hall–Kier alpha value is -1.18. The van der Waals surface area contributed by atoms with E-state index in [0.29, 0.717) is 16.7 Å². The van der Waals surface area contributed by atoms with Crippen LogP contribution in [0.25, 0.3) is 0 Å². The number of nitro groups is 1.